The topological polar surface area (TPSA) is 101 Å². The Bertz CT molecular complexity index is 811. The zero-order chi connectivity index (χ0) is 21.6. The third-order valence-electron chi connectivity index (χ3n) is 6.62. The first kappa shape index (κ1) is 21.9. The summed E-state index contributed by atoms with van der Waals surface area (Å²) in [4.78, 5) is 19.6. The zero-order valence-electron chi connectivity index (χ0n) is 18.4. The van der Waals surface area contributed by atoms with Crippen LogP contribution in [0.2, 0.25) is 0 Å². The maximum atomic E-state index is 13.1. The van der Waals surface area contributed by atoms with Gasteiger partial charge in [-0.1, -0.05) is 30.3 Å². The van der Waals surface area contributed by atoms with Crippen molar-refractivity contribution in [3.8, 4) is 0 Å². The van der Waals surface area contributed by atoms with E-state index in [1.165, 1.54) is 11.9 Å². The molecule has 2 aromatic rings. The van der Waals surface area contributed by atoms with Crippen molar-refractivity contribution >= 4 is 5.91 Å². The van der Waals surface area contributed by atoms with Crippen LogP contribution in [0.3, 0.4) is 0 Å². The second-order valence-electron chi connectivity index (χ2n) is 9.09. The minimum Gasteiger partial charge on any atom is -0.349 e. The normalized spacial score (nSPS) is 26.5. The van der Waals surface area contributed by atoms with Gasteiger partial charge in [0.15, 0.2) is 0 Å². The molecule has 5 atom stereocenters. The third kappa shape index (κ3) is 5.90. The Kier molecular flexibility index (Phi) is 7.32. The molecule has 4 rings (SSSR count). The van der Waals surface area contributed by atoms with Gasteiger partial charge in [0.2, 0.25) is 5.91 Å². The predicted molar refractivity (Wildman–Crippen MR) is 120 cm³/mol. The largest absolute Gasteiger partial charge is 0.349 e. The van der Waals surface area contributed by atoms with Gasteiger partial charge >= 0.3 is 0 Å². The van der Waals surface area contributed by atoms with Crippen molar-refractivity contribution in [3.63, 3.8) is 0 Å². The summed E-state index contributed by atoms with van der Waals surface area (Å²) >= 11 is 0. The molecule has 0 bridgehead atoms. The lowest BCUT2D eigenvalue weighted by atomic mass is 9.94. The number of carbonyl (C=O) groups is 1. The van der Waals surface area contributed by atoms with Gasteiger partial charge in [-0.25, -0.2) is 4.98 Å². The monoisotopic (exact) mass is 425 g/mol. The van der Waals surface area contributed by atoms with Crippen LogP contribution in [-0.2, 0) is 11.3 Å². The Morgan fingerprint density at radius 1 is 1.26 bits per heavy atom. The minimum atomic E-state index is -0.182. The van der Waals surface area contributed by atoms with Crippen LogP contribution in [-0.4, -0.2) is 69.4 Å². The summed E-state index contributed by atoms with van der Waals surface area (Å²) in [5.74, 6) is 0.616. The Morgan fingerprint density at radius 3 is 2.84 bits per heavy atom. The summed E-state index contributed by atoms with van der Waals surface area (Å²) in [7, 11) is 0. The Morgan fingerprint density at radius 2 is 2.10 bits per heavy atom. The van der Waals surface area contributed by atoms with Crippen LogP contribution < -0.4 is 16.4 Å². The van der Waals surface area contributed by atoms with Crippen molar-refractivity contribution in [3.05, 3.63) is 48.5 Å². The lowest BCUT2D eigenvalue weighted by Crippen LogP contribution is -2.58. The molecule has 4 unspecified atom stereocenters. The highest BCUT2D eigenvalue weighted by molar-refractivity contribution is 5.82. The molecule has 8 nitrogen and oxygen atoms in total. The molecule has 2 fully saturated rings. The van der Waals surface area contributed by atoms with E-state index in [0.29, 0.717) is 12.5 Å². The number of hydrogen-bond donors (Lipinski definition) is 3. The number of nitrogens with one attached hydrogen (secondary N) is 2. The smallest absolute Gasteiger partial charge is 0.237 e. The van der Waals surface area contributed by atoms with Crippen LogP contribution in [0.1, 0.15) is 44.1 Å². The van der Waals surface area contributed by atoms with Gasteiger partial charge < -0.3 is 21.3 Å². The molecule has 1 aromatic heterocycles. The second-order valence-corrected chi connectivity index (χ2v) is 9.09. The van der Waals surface area contributed by atoms with Crippen LogP contribution >= 0.6 is 0 Å². The van der Waals surface area contributed by atoms with Crippen LogP contribution in [0, 0.1) is 0 Å². The van der Waals surface area contributed by atoms with E-state index in [1.807, 2.05) is 6.92 Å². The average molecular weight is 426 g/mol. The highest BCUT2D eigenvalue weighted by Crippen LogP contribution is 2.27. The first-order valence-electron chi connectivity index (χ1n) is 11.5. The molecule has 0 aliphatic carbocycles. The fraction of sp³-hybridized carbons (Fsp3) is 0.609. The number of aromatic nitrogens is 3. The Balaban J connectivity index is 1.37. The zero-order valence-corrected chi connectivity index (χ0v) is 18.4. The van der Waals surface area contributed by atoms with Gasteiger partial charge in [-0.05, 0) is 50.6 Å². The van der Waals surface area contributed by atoms with E-state index in [1.54, 1.807) is 11.0 Å². The van der Waals surface area contributed by atoms with Crippen molar-refractivity contribution in [2.45, 2.75) is 69.2 Å². The molecule has 8 heteroatoms. The number of likely N-dealkylation sites (tertiary alicyclic amines) is 1. The molecule has 0 spiro atoms. The van der Waals surface area contributed by atoms with Gasteiger partial charge in [-0.15, -0.1) is 0 Å². The lowest BCUT2D eigenvalue weighted by Gasteiger charge is -2.34. The molecule has 2 aliphatic rings. The molecule has 1 amide bonds. The standard InChI is InChI=1S/C23H35N7O/c1-17(24)21-8-5-9-22(28-21)23(31)27-20(14-30-16-25-15-26-30)13-29-11-10-19(12-29)18-6-3-2-4-7-18/h2-4,6-7,15-17,19-22,28H,5,8-14,24H2,1H3,(H,27,31)/t17-,19?,20?,21?,22?/m0/s1. The summed E-state index contributed by atoms with van der Waals surface area (Å²) in [5.41, 5.74) is 7.47. The van der Waals surface area contributed by atoms with Gasteiger partial charge in [0.05, 0.1) is 18.6 Å². The Labute approximate surface area is 184 Å². The third-order valence-corrected chi connectivity index (χ3v) is 6.62. The van der Waals surface area contributed by atoms with E-state index in [2.05, 4.69) is 55.9 Å². The van der Waals surface area contributed by atoms with Crippen molar-refractivity contribution in [2.75, 3.05) is 19.6 Å². The second kappa shape index (κ2) is 10.3. The van der Waals surface area contributed by atoms with E-state index in [0.717, 1.165) is 45.3 Å². The van der Waals surface area contributed by atoms with Crippen molar-refractivity contribution < 1.29 is 4.79 Å². The van der Waals surface area contributed by atoms with E-state index in [4.69, 9.17) is 5.73 Å². The molecule has 2 aliphatic heterocycles. The number of benzene rings is 1. The number of amides is 1. The van der Waals surface area contributed by atoms with Crippen LogP contribution in [0.15, 0.2) is 43.0 Å². The van der Waals surface area contributed by atoms with Crippen molar-refractivity contribution in [1.82, 2.24) is 30.3 Å². The molecule has 0 radical (unpaired) electrons. The molecule has 1 aromatic carbocycles. The van der Waals surface area contributed by atoms with E-state index in [9.17, 15) is 4.79 Å². The van der Waals surface area contributed by atoms with Gasteiger partial charge in [-0.2, -0.15) is 5.10 Å². The van der Waals surface area contributed by atoms with Crippen LogP contribution in [0.5, 0.6) is 0 Å². The SMILES string of the molecule is C[C@H](N)C1CCCC(C(=O)NC(CN2CCC(c3ccccc3)C2)Cn2cncn2)N1. The number of hydrogen-bond acceptors (Lipinski definition) is 6. The summed E-state index contributed by atoms with van der Waals surface area (Å²) < 4.78 is 1.80. The minimum absolute atomic E-state index is 0.0267. The van der Waals surface area contributed by atoms with Gasteiger partial charge in [-0.3, -0.25) is 9.48 Å². The van der Waals surface area contributed by atoms with Gasteiger partial charge in [0, 0.05) is 25.2 Å². The fourth-order valence-electron chi connectivity index (χ4n) is 4.90. The average Bonchev–Trinajstić information content (AvgIpc) is 3.47. The van der Waals surface area contributed by atoms with Crippen molar-refractivity contribution in [2.24, 2.45) is 5.73 Å². The summed E-state index contributed by atoms with van der Waals surface area (Å²) in [6, 6.07) is 10.7. The first-order chi connectivity index (χ1) is 15.1. The van der Waals surface area contributed by atoms with Crippen molar-refractivity contribution in [1.29, 1.82) is 0 Å². The summed E-state index contributed by atoms with van der Waals surface area (Å²) in [5, 5.41) is 11.0. The predicted octanol–water partition coefficient (Wildman–Crippen LogP) is 1.11. The van der Waals surface area contributed by atoms with E-state index >= 15 is 0 Å². The molecule has 4 N–H and O–H groups in total. The summed E-state index contributed by atoms with van der Waals surface area (Å²) in [6.45, 7) is 5.47. The maximum Gasteiger partial charge on any atom is 0.237 e. The van der Waals surface area contributed by atoms with E-state index < -0.39 is 0 Å². The molecule has 0 saturated carbocycles. The number of piperidine rings is 1. The highest BCUT2D eigenvalue weighted by atomic mass is 16.2. The Hall–Kier alpha value is -2.29. The van der Waals surface area contributed by atoms with E-state index in [-0.39, 0.29) is 30.1 Å². The van der Waals surface area contributed by atoms with Crippen LogP contribution in [0.25, 0.3) is 0 Å². The molecule has 3 heterocycles. The summed E-state index contributed by atoms with van der Waals surface area (Å²) in [6.07, 6.45) is 7.30. The molecular formula is C23H35N7O. The molecule has 2 saturated heterocycles. The van der Waals surface area contributed by atoms with Gasteiger partial charge in [0.25, 0.3) is 0 Å². The number of nitrogens with two attached hydrogens (primary N) is 1. The number of carbonyl (C=O) groups excluding carboxylic acids is 1. The molecular weight excluding hydrogens is 390 g/mol. The number of nitrogens with zero attached hydrogens (tertiary/aromatic N) is 4. The quantitative estimate of drug-likeness (QED) is 0.586. The van der Waals surface area contributed by atoms with Crippen LogP contribution in [0.4, 0.5) is 0 Å². The fourth-order valence-corrected chi connectivity index (χ4v) is 4.90. The molecule has 168 valence electrons. The molecule has 31 heavy (non-hydrogen) atoms. The number of rotatable bonds is 8. The maximum absolute atomic E-state index is 13.1. The first-order valence-corrected chi connectivity index (χ1v) is 11.5. The highest BCUT2D eigenvalue weighted by Gasteiger charge is 2.31. The lowest BCUT2D eigenvalue weighted by molar-refractivity contribution is -0.125. The van der Waals surface area contributed by atoms with Gasteiger partial charge in [0.1, 0.15) is 12.7 Å².